The van der Waals surface area contributed by atoms with Crippen LogP contribution in [-0.4, -0.2) is 90.2 Å². The molecule has 0 aliphatic carbocycles. The summed E-state index contributed by atoms with van der Waals surface area (Å²) in [5, 5.41) is 2.46. The minimum Gasteiger partial charge on any atom is -0.462 e. The maximum Gasteiger partial charge on any atom is 0.318 e. The quantitative estimate of drug-likeness (QED) is 0.300. The van der Waals surface area contributed by atoms with Crippen LogP contribution in [0.5, 0.6) is 6.01 Å². The lowest BCUT2D eigenvalue weighted by Crippen LogP contribution is -2.56. The van der Waals surface area contributed by atoms with Crippen LogP contribution in [0.3, 0.4) is 0 Å². The van der Waals surface area contributed by atoms with Crippen LogP contribution in [0.4, 0.5) is 11.5 Å². The third-order valence-corrected chi connectivity index (χ3v) is 8.98. The molecule has 4 heterocycles. The van der Waals surface area contributed by atoms with Crippen molar-refractivity contribution in [2.24, 2.45) is 0 Å². The summed E-state index contributed by atoms with van der Waals surface area (Å²) >= 11 is 0. The Kier molecular flexibility index (Phi) is 8.24. The summed E-state index contributed by atoms with van der Waals surface area (Å²) in [5.74, 6) is 0.756. The van der Waals surface area contributed by atoms with Gasteiger partial charge in [0.15, 0.2) is 0 Å². The van der Waals surface area contributed by atoms with Gasteiger partial charge in [-0.2, -0.15) is 9.97 Å². The highest BCUT2D eigenvalue weighted by Crippen LogP contribution is 2.35. The second-order valence-corrected chi connectivity index (χ2v) is 11.3. The molecule has 1 aromatic heterocycles. The Labute approximate surface area is 248 Å². The lowest BCUT2D eigenvalue weighted by Gasteiger charge is -2.41. The van der Waals surface area contributed by atoms with E-state index in [1.807, 2.05) is 0 Å². The van der Waals surface area contributed by atoms with Crippen LogP contribution in [0.25, 0.3) is 15.6 Å². The second kappa shape index (κ2) is 12.4. The molecule has 0 N–H and O–H groups in total. The van der Waals surface area contributed by atoms with E-state index in [4.69, 9.17) is 21.3 Å². The minimum absolute atomic E-state index is 0.125. The second-order valence-electron chi connectivity index (χ2n) is 11.3. The molecule has 6 rings (SSSR count). The van der Waals surface area contributed by atoms with Crippen molar-refractivity contribution >= 4 is 28.2 Å². The predicted molar refractivity (Wildman–Crippen MR) is 166 cm³/mol. The first-order chi connectivity index (χ1) is 20.6. The van der Waals surface area contributed by atoms with E-state index in [9.17, 15) is 4.79 Å². The van der Waals surface area contributed by atoms with Gasteiger partial charge in [-0.1, -0.05) is 49.9 Å². The number of anilines is 2. The van der Waals surface area contributed by atoms with E-state index in [2.05, 4.69) is 75.5 Å². The zero-order valence-corrected chi connectivity index (χ0v) is 24.4. The van der Waals surface area contributed by atoms with Crippen molar-refractivity contribution in [3.05, 3.63) is 77.8 Å². The average Bonchev–Trinajstić information content (AvgIpc) is 3.50. The van der Waals surface area contributed by atoms with Gasteiger partial charge in [0.2, 0.25) is 12.5 Å². The number of ether oxygens (including phenoxy) is 1. The van der Waals surface area contributed by atoms with E-state index < -0.39 is 0 Å². The summed E-state index contributed by atoms with van der Waals surface area (Å²) in [4.78, 5) is 35.1. The molecule has 3 aliphatic rings. The Bertz CT molecular complexity index is 1500. The van der Waals surface area contributed by atoms with Gasteiger partial charge < -0.3 is 24.3 Å². The molecule has 9 heteroatoms. The number of fused-ring (bicyclic) bond motifs is 2. The Morgan fingerprint density at radius 1 is 1.10 bits per heavy atom. The monoisotopic (exact) mass is 565 g/mol. The fourth-order valence-electron chi connectivity index (χ4n) is 6.79. The minimum atomic E-state index is -0.218. The number of rotatable bonds is 8. The van der Waals surface area contributed by atoms with Crippen molar-refractivity contribution in [1.82, 2.24) is 19.8 Å². The molecule has 218 valence electrons. The molecule has 3 aromatic rings. The number of likely N-dealkylation sites (tertiary alicyclic amines) is 1. The standard InChI is InChI=1S/C33H39N7O2/c1-4-31(41)40-19-18-39(21-26(40)20-34-3)32-28-15-17-38(30-14-8-11-24-10-6-7-13-27(24)30)22-29(28)35-33(36-32)42-23-25-12-9-16-37(25)5-2/h4,6-8,10-11,13-14,25-26H,1,5,9,12,15-23H2,2H3/t25-,26?/m0/s1. The molecular weight excluding hydrogens is 526 g/mol. The molecule has 0 spiro atoms. The zero-order chi connectivity index (χ0) is 29.1. The number of aromatic nitrogens is 2. The van der Waals surface area contributed by atoms with E-state index in [1.165, 1.54) is 29.0 Å². The van der Waals surface area contributed by atoms with Crippen LogP contribution in [0.1, 0.15) is 31.0 Å². The summed E-state index contributed by atoms with van der Waals surface area (Å²) in [5.41, 5.74) is 3.33. The molecule has 0 saturated carbocycles. The number of carbonyl (C=O) groups excluding carboxylic acids is 1. The van der Waals surface area contributed by atoms with Gasteiger partial charge in [0.25, 0.3) is 0 Å². The Morgan fingerprint density at radius 2 is 1.95 bits per heavy atom. The summed E-state index contributed by atoms with van der Waals surface area (Å²) in [6.07, 6.45) is 4.46. The molecule has 9 nitrogen and oxygen atoms in total. The third kappa shape index (κ3) is 5.51. The summed E-state index contributed by atoms with van der Waals surface area (Å²) in [7, 11) is 0. The van der Waals surface area contributed by atoms with Crippen LogP contribution >= 0.6 is 0 Å². The highest BCUT2D eigenvalue weighted by molar-refractivity contribution is 5.94. The van der Waals surface area contributed by atoms with Crippen molar-refractivity contribution in [3.63, 3.8) is 0 Å². The van der Waals surface area contributed by atoms with E-state index >= 15 is 0 Å². The normalized spacial score (nSPS) is 20.8. The molecule has 3 aliphatic heterocycles. The van der Waals surface area contributed by atoms with Crippen molar-refractivity contribution in [2.75, 3.05) is 62.2 Å². The van der Waals surface area contributed by atoms with Gasteiger partial charge in [-0.15, -0.1) is 0 Å². The fraction of sp³-hybridized carbons (Fsp3) is 0.455. The lowest BCUT2D eigenvalue weighted by molar-refractivity contribution is -0.128. The number of nitrogens with zero attached hydrogens (tertiary/aromatic N) is 7. The lowest BCUT2D eigenvalue weighted by atomic mass is 10.0. The molecule has 2 saturated heterocycles. The van der Waals surface area contributed by atoms with Gasteiger partial charge in [0, 0.05) is 48.9 Å². The first-order valence-corrected chi connectivity index (χ1v) is 15.1. The van der Waals surface area contributed by atoms with Gasteiger partial charge in [0.05, 0.1) is 12.2 Å². The molecule has 1 amide bonds. The molecular formula is C33H39N7O2. The molecule has 1 unspecified atom stereocenters. The van der Waals surface area contributed by atoms with Gasteiger partial charge in [-0.05, 0) is 49.9 Å². The fourth-order valence-corrected chi connectivity index (χ4v) is 6.79. The van der Waals surface area contributed by atoms with Crippen LogP contribution < -0.4 is 14.5 Å². The highest BCUT2D eigenvalue weighted by atomic mass is 16.5. The molecule has 2 atom stereocenters. The molecule has 0 radical (unpaired) electrons. The molecule has 2 aromatic carbocycles. The van der Waals surface area contributed by atoms with Crippen molar-refractivity contribution in [3.8, 4) is 6.01 Å². The van der Waals surface area contributed by atoms with Crippen molar-refractivity contribution in [2.45, 2.75) is 44.8 Å². The number of piperazine rings is 1. The van der Waals surface area contributed by atoms with E-state index in [0.717, 1.165) is 49.6 Å². The largest absolute Gasteiger partial charge is 0.462 e. The van der Waals surface area contributed by atoms with E-state index in [0.29, 0.717) is 44.8 Å². The number of hydrogen-bond acceptors (Lipinski definition) is 7. The maximum absolute atomic E-state index is 12.5. The number of benzene rings is 2. The summed E-state index contributed by atoms with van der Waals surface area (Å²) < 4.78 is 6.35. The van der Waals surface area contributed by atoms with Gasteiger partial charge in [0.1, 0.15) is 18.5 Å². The van der Waals surface area contributed by atoms with Crippen LogP contribution in [-0.2, 0) is 17.8 Å². The van der Waals surface area contributed by atoms with Gasteiger partial charge in [-0.3, -0.25) is 9.69 Å². The van der Waals surface area contributed by atoms with Crippen LogP contribution in [0, 0.1) is 6.57 Å². The SMILES string of the molecule is [C-]#[N+]CC1CN(c2nc(OC[C@@H]3CCCN3CC)nc3c2CCN(c2cccc4ccccc24)C3)CCN1C(=O)C=C. The molecule has 0 bridgehead atoms. The van der Waals surface area contributed by atoms with Gasteiger partial charge in [-0.25, -0.2) is 6.57 Å². The zero-order valence-electron chi connectivity index (χ0n) is 24.4. The maximum atomic E-state index is 12.5. The predicted octanol–water partition coefficient (Wildman–Crippen LogP) is 4.18. The first-order valence-electron chi connectivity index (χ1n) is 15.1. The van der Waals surface area contributed by atoms with Crippen LogP contribution in [0.15, 0.2) is 55.1 Å². The van der Waals surface area contributed by atoms with Crippen molar-refractivity contribution in [1.29, 1.82) is 0 Å². The van der Waals surface area contributed by atoms with Crippen molar-refractivity contribution < 1.29 is 9.53 Å². The number of likely N-dealkylation sites (N-methyl/N-ethyl adjacent to an activating group) is 1. The topological polar surface area (TPSA) is 69.4 Å². The number of amides is 1. The Hall–Kier alpha value is -4.16. The van der Waals surface area contributed by atoms with E-state index in [1.54, 1.807) is 4.90 Å². The number of carbonyl (C=O) groups is 1. The van der Waals surface area contributed by atoms with Gasteiger partial charge >= 0.3 is 6.01 Å². The van der Waals surface area contributed by atoms with Crippen LogP contribution in [0.2, 0.25) is 0 Å². The Balaban J connectivity index is 1.32. The first kappa shape index (κ1) is 28.0. The summed E-state index contributed by atoms with van der Waals surface area (Å²) in [6.45, 7) is 19.5. The number of hydrogen-bond donors (Lipinski definition) is 0. The van der Waals surface area contributed by atoms with E-state index in [-0.39, 0.29) is 18.5 Å². The molecule has 42 heavy (non-hydrogen) atoms. The smallest absolute Gasteiger partial charge is 0.318 e. The summed E-state index contributed by atoms with van der Waals surface area (Å²) in [6, 6.07) is 15.5. The Morgan fingerprint density at radius 3 is 2.79 bits per heavy atom. The average molecular weight is 566 g/mol. The third-order valence-electron chi connectivity index (χ3n) is 8.98. The highest BCUT2D eigenvalue weighted by Gasteiger charge is 2.35. The molecule has 2 fully saturated rings.